The van der Waals surface area contributed by atoms with Gasteiger partial charge in [-0.15, -0.1) is 11.3 Å². The molecule has 2 atom stereocenters. The summed E-state index contributed by atoms with van der Waals surface area (Å²) in [5, 5.41) is 13.2. The third-order valence-corrected chi connectivity index (χ3v) is 5.03. The van der Waals surface area contributed by atoms with Gasteiger partial charge >= 0.3 is 0 Å². The van der Waals surface area contributed by atoms with E-state index < -0.39 is 0 Å². The van der Waals surface area contributed by atoms with Crippen LogP contribution >= 0.6 is 11.3 Å². The van der Waals surface area contributed by atoms with Gasteiger partial charge in [-0.3, -0.25) is 4.90 Å². The van der Waals surface area contributed by atoms with Crippen LogP contribution in [0.4, 0.5) is 0 Å². The molecule has 0 radical (unpaired) electrons. The lowest BCUT2D eigenvalue weighted by Gasteiger charge is -2.22. The van der Waals surface area contributed by atoms with Crippen LogP contribution in [0, 0.1) is 5.92 Å². The molecule has 4 heteroatoms. The minimum absolute atomic E-state index is 0.108. The molecule has 0 spiro atoms. The Morgan fingerprint density at radius 1 is 1.29 bits per heavy atom. The van der Waals surface area contributed by atoms with Crippen molar-refractivity contribution in [1.82, 2.24) is 9.88 Å². The Hall–Kier alpha value is -1.23. The van der Waals surface area contributed by atoms with Crippen molar-refractivity contribution in [2.45, 2.75) is 31.9 Å². The molecule has 2 aromatic rings. The molecular weight excluding hydrogens is 280 g/mol. The number of aliphatic hydroxyl groups is 1. The van der Waals surface area contributed by atoms with Gasteiger partial charge in [-0.1, -0.05) is 36.8 Å². The molecule has 1 aliphatic carbocycles. The van der Waals surface area contributed by atoms with E-state index in [2.05, 4.69) is 29.5 Å². The van der Waals surface area contributed by atoms with Gasteiger partial charge in [0.1, 0.15) is 5.01 Å². The summed E-state index contributed by atoms with van der Waals surface area (Å²) in [5.74, 6) is 0.434. The van der Waals surface area contributed by atoms with E-state index in [1.165, 1.54) is 5.56 Å². The molecule has 1 aromatic carbocycles. The molecule has 0 amide bonds. The third-order valence-electron chi connectivity index (χ3n) is 4.19. The van der Waals surface area contributed by atoms with Gasteiger partial charge in [0.15, 0.2) is 0 Å². The minimum Gasteiger partial charge on any atom is -0.393 e. The zero-order valence-electron chi connectivity index (χ0n) is 12.4. The summed E-state index contributed by atoms with van der Waals surface area (Å²) in [6, 6.07) is 10.3. The second kappa shape index (κ2) is 6.69. The van der Waals surface area contributed by atoms with Crippen molar-refractivity contribution >= 4 is 11.3 Å². The molecular formula is C17H22N2OS. The first kappa shape index (κ1) is 14.7. The number of hydrogen-bond donors (Lipinski definition) is 1. The summed E-state index contributed by atoms with van der Waals surface area (Å²) in [7, 11) is 2.12. The molecule has 1 N–H and O–H groups in total. The molecule has 0 aliphatic heterocycles. The van der Waals surface area contributed by atoms with Gasteiger partial charge in [0, 0.05) is 17.5 Å². The molecule has 0 bridgehead atoms. The second-order valence-corrected chi connectivity index (χ2v) is 6.89. The van der Waals surface area contributed by atoms with Gasteiger partial charge in [-0.05, 0) is 25.8 Å². The Morgan fingerprint density at radius 2 is 2.10 bits per heavy atom. The largest absolute Gasteiger partial charge is 0.393 e. The van der Waals surface area contributed by atoms with Crippen LogP contribution in [0.25, 0.3) is 11.3 Å². The number of benzene rings is 1. The fraction of sp³-hybridized carbons (Fsp3) is 0.471. The van der Waals surface area contributed by atoms with Crippen LogP contribution in [-0.4, -0.2) is 34.7 Å². The predicted molar refractivity (Wildman–Crippen MR) is 87.2 cm³/mol. The molecule has 1 aromatic heterocycles. The summed E-state index contributed by atoms with van der Waals surface area (Å²) in [4.78, 5) is 7.01. The Bertz CT molecular complexity index is 569. The van der Waals surface area contributed by atoms with Gasteiger partial charge in [0.2, 0.25) is 0 Å². The number of aromatic nitrogens is 1. The summed E-state index contributed by atoms with van der Waals surface area (Å²) >= 11 is 1.72. The van der Waals surface area contributed by atoms with Gasteiger partial charge < -0.3 is 5.11 Å². The van der Waals surface area contributed by atoms with Crippen LogP contribution in [-0.2, 0) is 6.54 Å². The molecule has 0 saturated heterocycles. The fourth-order valence-corrected chi connectivity index (χ4v) is 3.93. The Morgan fingerprint density at radius 3 is 2.81 bits per heavy atom. The maximum Gasteiger partial charge on any atom is 0.107 e. The summed E-state index contributed by atoms with van der Waals surface area (Å²) in [5.41, 5.74) is 2.23. The Balaban J connectivity index is 1.59. The quantitative estimate of drug-likeness (QED) is 0.919. The van der Waals surface area contributed by atoms with Crippen LogP contribution in [0.5, 0.6) is 0 Å². The van der Waals surface area contributed by atoms with E-state index >= 15 is 0 Å². The monoisotopic (exact) mass is 302 g/mol. The highest BCUT2D eigenvalue weighted by Gasteiger charge is 2.26. The lowest BCUT2D eigenvalue weighted by molar-refractivity contribution is 0.108. The number of rotatable bonds is 5. The Kier molecular flexibility index (Phi) is 4.68. The summed E-state index contributed by atoms with van der Waals surface area (Å²) in [6.07, 6.45) is 3.17. The van der Waals surface area contributed by atoms with Crippen LogP contribution in [0.2, 0.25) is 0 Å². The average molecular weight is 302 g/mol. The van der Waals surface area contributed by atoms with Crippen molar-refractivity contribution in [1.29, 1.82) is 0 Å². The molecule has 3 rings (SSSR count). The first-order valence-electron chi connectivity index (χ1n) is 7.59. The number of hydrogen-bond acceptors (Lipinski definition) is 4. The van der Waals surface area contributed by atoms with Gasteiger partial charge in [0.25, 0.3) is 0 Å². The van der Waals surface area contributed by atoms with Crippen LogP contribution in [0.3, 0.4) is 0 Å². The first-order chi connectivity index (χ1) is 10.2. The van der Waals surface area contributed by atoms with Crippen molar-refractivity contribution < 1.29 is 5.11 Å². The third kappa shape index (κ3) is 3.70. The fourth-order valence-electron chi connectivity index (χ4n) is 3.05. The maximum atomic E-state index is 9.92. The Labute approximate surface area is 130 Å². The smallest absolute Gasteiger partial charge is 0.107 e. The van der Waals surface area contributed by atoms with Gasteiger partial charge in [-0.2, -0.15) is 0 Å². The first-order valence-corrected chi connectivity index (χ1v) is 8.47. The van der Waals surface area contributed by atoms with Gasteiger partial charge in [-0.25, -0.2) is 4.98 Å². The highest BCUT2D eigenvalue weighted by atomic mass is 32.1. The SMILES string of the molecule is CN(Cc1nc(-c2ccccc2)cs1)CC1CCCC1O. The van der Waals surface area contributed by atoms with Gasteiger partial charge in [0.05, 0.1) is 18.3 Å². The summed E-state index contributed by atoms with van der Waals surface area (Å²) in [6.45, 7) is 1.82. The molecule has 112 valence electrons. The lowest BCUT2D eigenvalue weighted by Crippen LogP contribution is -2.29. The zero-order chi connectivity index (χ0) is 14.7. The second-order valence-electron chi connectivity index (χ2n) is 5.95. The highest BCUT2D eigenvalue weighted by molar-refractivity contribution is 7.09. The van der Waals surface area contributed by atoms with E-state index in [9.17, 15) is 5.11 Å². The van der Waals surface area contributed by atoms with Crippen molar-refractivity contribution in [3.8, 4) is 11.3 Å². The standard InChI is InChI=1S/C17H22N2OS/c1-19(10-14-8-5-9-16(14)20)11-17-18-15(12-21-17)13-6-3-2-4-7-13/h2-4,6-7,12,14,16,20H,5,8-11H2,1H3. The number of aliphatic hydroxyl groups excluding tert-OH is 1. The molecule has 3 nitrogen and oxygen atoms in total. The average Bonchev–Trinajstić information content (AvgIpc) is 3.10. The van der Waals surface area contributed by atoms with Crippen molar-refractivity contribution in [3.63, 3.8) is 0 Å². The van der Waals surface area contributed by atoms with E-state index in [-0.39, 0.29) is 6.10 Å². The van der Waals surface area contributed by atoms with E-state index in [0.29, 0.717) is 5.92 Å². The molecule has 1 aliphatic rings. The van der Waals surface area contributed by atoms with Crippen molar-refractivity contribution in [2.75, 3.05) is 13.6 Å². The van der Waals surface area contributed by atoms with Crippen LogP contribution in [0.15, 0.2) is 35.7 Å². The number of thiazole rings is 1. The van der Waals surface area contributed by atoms with E-state index in [0.717, 1.165) is 43.1 Å². The molecule has 1 heterocycles. The molecule has 21 heavy (non-hydrogen) atoms. The van der Waals surface area contributed by atoms with Crippen molar-refractivity contribution in [3.05, 3.63) is 40.7 Å². The normalized spacial score (nSPS) is 22.0. The maximum absolute atomic E-state index is 9.92. The predicted octanol–water partition coefficient (Wildman–Crippen LogP) is 3.40. The van der Waals surface area contributed by atoms with Crippen molar-refractivity contribution in [2.24, 2.45) is 5.92 Å². The molecule has 1 fully saturated rings. The number of nitrogens with zero attached hydrogens (tertiary/aromatic N) is 2. The zero-order valence-corrected chi connectivity index (χ0v) is 13.2. The van der Waals surface area contributed by atoms with E-state index in [1.807, 2.05) is 18.2 Å². The van der Waals surface area contributed by atoms with E-state index in [1.54, 1.807) is 11.3 Å². The summed E-state index contributed by atoms with van der Waals surface area (Å²) < 4.78 is 0. The van der Waals surface area contributed by atoms with E-state index in [4.69, 9.17) is 4.98 Å². The minimum atomic E-state index is -0.108. The van der Waals surface area contributed by atoms with Crippen LogP contribution in [0.1, 0.15) is 24.3 Å². The van der Waals surface area contributed by atoms with Crippen LogP contribution < -0.4 is 0 Å². The lowest BCUT2D eigenvalue weighted by atomic mass is 10.1. The topological polar surface area (TPSA) is 36.4 Å². The highest BCUT2D eigenvalue weighted by Crippen LogP contribution is 2.27. The molecule has 1 saturated carbocycles. The molecule has 2 unspecified atom stereocenters.